The summed E-state index contributed by atoms with van der Waals surface area (Å²) in [5.74, 6) is 0.418. The van der Waals surface area contributed by atoms with E-state index in [0.29, 0.717) is 12.5 Å². The van der Waals surface area contributed by atoms with Gasteiger partial charge >= 0.3 is 0 Å². The smallest absolute Gasteiger partial charge is 0.193 e. The van der Waals surface area contributed by atoms with Crippen molar-refractivity contribution in [2.45, 2.75) is 13.3 Å². The minimum Gasteiger partial charge on any atom is -0.370 e. The fourth-order valence-electron chi connectivity index (χ4n) is 1.82. The lowest BCUT2D eigenvalue weighted by Gasteiger charge is -2.06. The number of aryl methyl sites for hydroxylation is 1. The van der Waals surface area contributed by atoms with E-state index in [4.69, 9.17) is 17.3 Å². The highest BCUT2D eigenvalue weighted by Gasteiger charge is 1.99. The number of aliphatic imine (C=N–C) groups is 1. The van der Waals surface area contributed by atoms with Crippen LogP contribution in [0.4, 0.5) is 5.69 Å². The largest absolute Gasteiger partial charge is 0.370 e. The van der Waals surface area contributed by atoms with Gasteiger partial charge in [-0.3, -0.25) is 4.99 Å². The third kappa shape index (κ3) is 5.93. The van der Waals surface area contributed by atoms with Crippen LogP contribution < -0.4 is 11.1 Å². The predicted octanol–water partition coefficient (Wildman–Crippen LogP) is 4.24. The van der Waals surface area contributed by atoms with Crippen LogP contribution in [0.5, 0.6) is 0 Å². The van der Waals surface area contributed by atoms with Gasteiger partial charge in [-0.2, -0.15) is 0 Å². The van der Waals surface area contributed by atoms with Crippen molar-refractivity contribution >= 4 is 47.2 Å². The van der Waals surface area contributed by atoms with E-state index in [1.54, 1.807) is 0 Å². The molecular formula is C16H19ClIN3. The molecule has 0 heterocycles. The first-order valence-electron chi connectivity index (χ1n) is 6.52. The molecule has 3 N–H and O–H groups in total. The zero-order chi connectivity index (χ0) is 14.4. The highest BCUT2D eigenvalue weighted by atomic mass is 127. The maximum Gasteiger partial charge on any atom is 0.193 e. The highest BCUT2D eigenvalue weighted by molar-refractivity contribution is 14.0. The standard InChI is InChI=1S/C16H18ClN3.HI/c1-12-6-8-14(9-7-12)20-16(18)19-11-10-13-4-2-3-5-15(13)17;/h2-9H,10-11H2,1H3,(H3,18,19,20);1H. The molecule has 21 heavy (non-hydrogen) atoms. The van der Waals surface area contributed by atoms with Crippen LogP contribution in [0.2, 0.25) is 5.02 Å². The molecule has 0 saturated carbocycles. The molecule has 0 aliphatic carbocycles. The van der Waals surface area contributed by atoms with Gasteiger partial charge in [0.1, 0.15) is 0 Å². The molecule has 3 nitrogen and oxygen atoms in total. The molecule has 2 rings (SSSR count). The summed E-state index contributed by atoms with van der Waals surface area (Å²) in [6, 6.07) is 15.8. The van der Waals surface area contributed by atoms with Crippen molar-refractivity contribution < 1.29 is 0 Å². The number of nitrogens with two attached hydrogens (primary N) is 1. The lowest BCUT2D eigenvalue weighted by molar-refractivity contribution is 0.965. The van der Waals surface area contributed by atoms with Crippen molar-refractivity contribution in [1.29, 1.82) is 0 Å². The maximum atomic E-state index is 6.09. The van der Waals surface area contributed by atoms with E-state index < -0.39 is 0 Å². The molecule has 2 aromatic rings. The van der Waals surface area contributed by atoms with Crippen LogP contribution in [-0.2, 0) is 6.42 Å². The molecule has 0 atom stereocenters. The Balaban J connectivity index is 0.00000220. The van der Waals surface area contributed by atoms with Gasteiger partial charge in [0.15, 0.2) is 5.96 Å². The summed E-state index contributed by atoms with van der Waals surface area (Å²) in [5, 5.41) is 3.84. The van der Waals surface area contributed by atoms with Crippen molar-refractivity contribution in [2.24, 2.45) is 10.7 Å². The number of nitrogens with one attached hydrogen (secondary N) is 1. The predicted molar refractivity (Wildman–Crippen MR) is 102 cm³/mol. The molecule has 0 aromatic heterocycles. The van der Waals surface area contributed by atoms with Gasteiger partial charge in [0.25, 0.3) is 0 Å². The number of guanidine groups is 1. The highest BCUT2D eigenvalue weighted by Crippen LogP contribution is 2.15. The molecule has 0 unspecified atom stereocenters. The fourth-order valence-corrected chi connectivity index (χ4v) is 2.05. The Hall–Kier alpha value is -1.27. The molecule has 2 aromatic carbocycles. The first kappa shape index (κ1) is 17.8. The van der Waals surface area contributed by atoms with Crippen LogP contribution in [0.25, 0.3) is 0 Å². The average molecular weight is 416 g/mol. The normalized spacial score (nSPS) is 10.9. The molecule has 0 amide bonds. The van der Waals surface area contributed by atoms with E-state index in [1.807, 2.05) is 55.5 Å². The van der Waals surface area contributed by atoms with E-state index >= 15 is 0 Å². The van der Waals surface area contributed by atoms with Crippen LogP contribution >= 0.6 is 35.6 Å². The van der Waals surface area contributed by atoms with Gasteiger partial charge in [-0.1, -0.05) is 47.5 Å². The minimum absolute atomic E-state index is 0. The van der Waals surface area contributed by atoms with Crippen molar-refractivity contribution in [3.8, 4) is 0 Å². The quantitative estimate of drug-likeness (QED) is 0.446. The summed E-state index contributed by atoms with van der Waals surface area (Å²) in [6.45, 7) is 2.65. The van der Waals surface area contributed by atoms with Crippen molar-refractivity contribution in [3.05, 3.63) is 64.7 Å². The summed E-state index contributed by atoms with van der Waals surface area (Å²) in [4.78, 5) is 4.30. The van der Waals surface area contributed by atoms with E-state index in [0.717, 1.165) is 22.7 Å². The van der Waals surface area contributed by atoms with E-state index in [9.17, 15) is 0 Å². The van der Waals surface area contributed by atoms with Crippen LogP contribution in [0, 0.1) is 6.92 Å². The second kappa shape index (κ2) is 8.89. The van der Waals surface area contributed by atoms with Crippen molar-refractivity contribution in [1.82, 2.24) is 0 Å². The minimum atomic E-state index is 0. The van der Waals surface area contributed by atoms with Crippen molar-refractivity contribution in [3.63, 3.8) is 0 Å². The summed E-state index contributed by atoms with van der Waals surface area (Å²) in [6.07, 6.45) is 0.774. The lowest BCUT2D eigenvalue weighted by atomic mass is 10.1. The van der Waals surface area contributed by atoms with Crippen LogP contribution in [0.3, 0.4) is 0 Å². The number of anilines is 1. The Morgan fingerprint density at radius 2 is 1.81 bits per heavy atom. The number of halogens is 2. The molecule has 0 spiro atoms. The molecule has 112 valence electrons. The molecule has 0 aliphatic rings. The Morgan fingerprint density at radius 1 is 1.14 bits per heavy atom. The fraction of sp³-hybridized carbons (Fsp3) is 0.188. The van der Waals surface area contributed by atoms with Crippen LogP contribution in [-0.4, -0.2) is 12.5 Å². The first-order valence-corrected chi connectivity index (χ1v) is 6.90. The maximum absolute atomic E-state index is 6.09. The Morgan fingerprint density at radius 3 is 2.48 bits per heavy atom. The Kier molecular flexibility index (Phi) is 7.53. The number of nitrogens with zero attached hydrogens (tertiary/aromatic N) is 1. The Labute approximate surface area is 147 Å². The van der Waals surface area contributed by atoms with Crippen molar-refractivity contribution in [2.75, 3.05) is 11.9 Å². The van der Waals surface area contributed by atoms with E-state index in [1.165, 1.54) is 5.56 Å². The summed E-state index contributed by atoms with van der Waals surface area (Å²) < 4.78 is 0. The zero-order valence-corrected chi connectivity index (χ0v) is 14.9. The average Bonchev–Trinajstić information content (AvgIpc) is 2.43. The van der Waals surface area contributed by atoms with Gasteiger partial charge in [0.05, 0.1) is 0 Å². The monoisotopic (exact) mass is 415 g/mol. The second-order valence-electron chi connectivity index (χ2n) is 4.60. The van der Waals surface area contributed by atoms with Gasteiger partial charge in [-0.25, -0.2) is 0 Å². The lowest BCUT2D eigenvalue weighted by Crippen LogP contribution is -2.23. The van der Waals surface area contributed by atoms with E-state index in [2.05, 4.69) is 10.3 Å². The third-order valence-electron chi connectivity index (χ3n) is 2.95. The third-order valence-corrected chi connectivity index (χ3v) is 3.31. The zero-order valence-electron chi connectivity index (χ0n) is 11.8. The molecule has 0 aliphatic heterocycles. The Bertz CT molecular complexity index is 597. The first-order chi connectivity index (χ1) is 9.65. The number of benzene rings is 2. The number of hydrogen-bond donors (Lipinski definition) is 2. The van der Waals surface area contributed by atoms with Gasteiger partial charge in [-0.15, -0.1) is 24.0 Å². The molecular weight excluding hydrogens is 397 g/mol. The SMILES string of the molecule is Cc1ccc(NC(N)=NCCc2ccccc2Cl)cc1.I. The van der Waals surface area contributed by atoms with Gasteiger partial charge in [-0.05, 0) is 37.1 Å². The molecule has 0 saturated heterocycles. The number of hydrogen-bond acceptors (Lipinski definition) is 1. The van der Waals surface area contributed by atoms with E-state index in [-0.39, 0.29) is 24.0 Å². The summed E-state index contributed by atoms with van der Waals surface area (Å²) >= 11 is 6.09. The van der Waals surface area contributed by atoms with Gasteiger partial charge in [0, 0.05) is 17.3 Å². The molecule has 5 heteroatoms. The second-order valence-corrected chi connectivity index (χ2v) is 5.01. The summed E-state index contributed by atoms with van der Waals surface area (Å²) in [5.41, 5.74) is 9.09. The number of rotatable bonds is 4. The molecule has 0 radical (unpaired) electrons. The van der Waals surface area contributed by atoms with Crippen LogP contribution in [0.1, 0.15) is 11.1 Å². The van der Waals surface area contributed by atoms with Gasteiger partial charge < -0.3 is 11.1 Å². The van der Waals surface area contributed by atoms with Crippen LogP contribution in [0.15, 0.2) is 53.5 Å². The molecule has 0 bridgehead atoms. The topological polar surface area (TPSA) is 50.4 Å². The summed E-state index contributed by atoms with van der Waals surface area (Å²) in [7, 11) is 0. The molecule has 0 fully saturated rings. The van der Waals surface area contributed by atoms with Gasteiger partial charge in [0.2, 0.25) is 0 Å².